The number of nitrogens with two attached hydrogens (primary N) is 2. The number of hydrogen-bond acceptors (Lipinski definition) is 5. The van der Waals surface area contributed by atoms with Crippen LogP contribution in [0.1, 0.15) is 54.7 Å². The van der Waals surface area contributed by atoms with Crippen LogP contribution in [-0.2, 0) is 29.0 Å². The van der Waals surface area contributed by atoms with E-state index in [4.69, 9.17) is 16.2 Å². The quantitative estimate of drug-likeness (QED) is 0.155. The Kier molecular flexibility index (Phi) is 8.10. The fourth-order valence-corrected chi connectivity index (χ4v) is 5.12. The number of aromatic amines is 2. The van der Waals surface area contributed by atoms with E-state index in [0.29, 0.717) is 24.6 Å². The smallest absolute Gasteiger partial charge is 0.221 e. The van der Waals surface area contributed by atoms with Crippen molar-refractivity contribution >= 4 is 33.5 Å². The molecule has 2 amide bonds. The van der Waals surface area contributed by atoms with Gasteiger partial charge in [0.25, 0.3) is 0 Å². The molecule has 9 heteroatoms. The molecule has 0 saturated carbocycles. The second-order valence-corrected chi connectivity index (χ2v) is 10.2. The van der Waals surface area contributed by atoms with Gasteiger partial charge in [-0.05, 0) is 66.4 Å². The number of aryl methyl sites for hydroxylation is 2. The summed E-state index contributed by atoms with van der Waals surface area (Å²) in [5, 5.41) is 12.0. The molecule has 0 aliphatic heterocycles. The highest BCUT2D eigenvalue weighted by atomic mass is 16.5. The zero-order valence-corrected chi connectivity index (χ0v) is 22.6. The topological polar surface area (TPSA) is 153 Å². The summed E-state index contributed by atoms with van der Waals surface area (Å²) in [5.74, 6) is 1.62. The van der Waals surface area contributed by atoms with Gasteiger partial charge in [0.05, 0.1) is 6.42 Å². The number of H-pyrrole nitrogens is 2. The molecule has 0 unspecified atom stereocenters. The van der Waals surface area contributed by atoms with Crippen LogP contribution in [0.4, 0.5) is 0 Å². The average Bonchev–Trinajstić information content (AvgIpc) is 3.52. The van der Waals surface area contributed by atoms with E-state index in [1.165, 1.54) is 0 Å². The maximum absolute atomic E-state index is 11.6. The molecule has 0 spiro atoms. The van der Waals surface area contributed by atoms with Gasteiger partial charge < -0.3 is 26.2 Å². The van der Waals surface area contributed by atoms with E-state index in [1.54, 1.807) is 0 Å². The van der Waals surface area contributed by atoms with Gasteiger partial charge in [-0.25, -0.2) is 0 Å². The average molecular weight is 539 g/mol. The Hall–Kier alpha value is -4.66. The highest BCUT2D eigenvalue weighted by Crippen LogP contribution is 2.30. The Morgan fingerprint density at radius 1 is 0.875 bits per heavy atom. The predicted molar refractivity (Wildman–Crippen MR) is 156 cm³/mol. The van der Waals surface area contributed by atoms with Crippen LogP contribution in [0.3, 0.4) is 0 Å². The third-order valence-corrected chi connectivity index (χ3v) is 7.18. The maximum Gasteiger partial charge on any atom is 0.221 e. The van der Waals surface area contributed by atoms with Crippen LogP contribution in [0.25, 0.3) is 33.1 Å². The van der Waals surface area contributed by atoms with Gasteiger partial charge >= 0.3 is 0 Å². The number of hydrogen-bond donors (Lipinski definition) is 4. The zero-order valence-electron chi connectivity index (χ0n) is 22.6. The number of nitrogens with zero attached hydrogens (tertiary/aromatic N) is 2. The summed E-state index contributed by atoms with van der Waals surface area (Å²) < 4.78 is 6.28. The maximum atomic E-state index is 11.6. The number of ether oxygens (including phenoxy) is 1. The van der Waals surface area contributed by atoms with Crippen LogP contribution in [0.15, 0.2) is 54.6 Å². The van der Waals surface area contributed by atoms with Crippen LogP contribution >= 0.6 is 0 Å². The molecule has 2 aromatic heterocycles. The first-order valence-corrected chi connectivity index (χ1v) is 13.6. The summed E-state index contributed by atoms with van der Waals surface area (Å²) in [6.07, 6.45) is 5.14. The van der Waals surface area contributed by atoms with E-state index >= 15 is 0 Å². The van der Waals surface area contributed by atoms with Crippen molar-refractivity contribution in [3.05, 3.63) is 77.2 Å². The number of carbonyl (C=O) groups is 2. The number of carbonyl (C=O) groups excluding carboxylic acids is 2. The van der Waals surface area contributed by atoms with Gasteiger partial charge in [0, 0.05) is 40.6 Å². The number of rotatable bonds is 13. The van der Waals surface area contributed by atoms with E-state index in [9.17, 15) is 9.59 Å². The van der Waals surface area contributed by atoms with Crippen LogP contribution in [-0.4, -0.2) is 32.0 Å². The summed E-state index contributed by atoms with van der Waals surface area (Å²) in [4.78, 5) is 29.2. The second kappa shape index (κ2) is 12.0. The van der Waals surface area contributed by atoms with Crippen LogP contribution in [0.2, 0.25) is 0 Å². The third-order valence-electron chi connectivity index (χ3n) is 7.18. The number of unbranched alkanes of at least 4 members (excludes halogenated alkanes) is 3. The molecule has 5 rings (SSSR count). The fourth-order valence-electron chi connectivity index (χ4n) is 5.12. The molecular weight excluding hydrogens is 504 g/mol. The molecule has 0 saturated heterocycles. The van der Waals surface area contributed by atoms with Crippen molar-refractivity contribution < 1.29 is 14.3 Å². The SMILES string of the molecule is Cc1[nH]c2ccc(OCc3cc4ccccc4cc3-c3nnc(CCCCCCC(N)=O)[nH]3)cc2c1CC(N)=O. The van der Waals surface area contributed by atoms with E-state index in [2.05, 4.69) is 44.4 Å². The van der Waals surface area contributed by atoms with Gasteiger partial charge in [-0.3, -0.25) is 9.59 Å². The standard InChI is InChI=1S/C31H34N6O3/c1-19-24(17-29(33)39)26-16-23(12-13-27(26)34-19)40-18-22-14-20-8-6-7-9-21(20)15-25(22)31-35-30(36-37-31)11-5-3-2-4-10-28(32)38/h6-9,12-16,34H,2-5,10-11,17-18H2,1H3,(H2,32,38)(H2,33,39)(H,35,36,37). The first-order chi connectivity index (χ1) is 19.4. The number of amides is 2. The molecule has 0 atom stereocenters. The molecular formula is C31H34N6O3. The van der Waals surface area contributed by atoms with Crippen molar-refractivity contribution in [1.82, 2.24) is 20.2 Å². The Balaban J connectivity index is 1.35. The summed E-state index contributed by atoms with van der Waals surface area (Å²) in [7, 11) is 0. The normalized spacial score (nSPS) is 11.3. The lowest BCUT2D eigenvalue weighted by Gasteiger charge is -2.12. The van der Waals surface area contributed by atoms with Crippen LogP contribution < -0.4 is 16.2 Å². The number of fused-ring (bicyclic) bond motifs is 2. The molecule has 0 aliphatic rings. The molecule has 40 heavy (non-hydrogen) atoms. The van der Waals surface area contributed by atoms with Crippen molar-refractivity contribution in [2.24, 2.45) is 11.5 Å². The molecule has 3 aromatic carbocycles. The summed E-state index contributed by atoms with van der Waals surface area (Å²) in [6, 6.07) is 18.3. The minimum atomic E-state index is -0.370. The number of aromatic nitrogens is 4. The van der Waals surface area contributed by atoms with Crippen molar-refractivity contribution in [2.45, 2.75) is 58.5 Å². The second-order valence-electron chi connectivity index (χ2n) is 10.2. The molecule has 0 bridgehead atoms. The van der Waals surface area contributed by atoms with E-state index in [0.717, 1.165) is 82.0 Å². The van der Waals surface area contributed by atoms with Crippen molar-refractivity contribution in [1.29, 1.82) is 0 Å². The largest absolute Gasteiger partial charge is 0.489 e. The van der Waals surface area contributed by atoms with E-state index in [-0.39, 0.29) is 18.2 Å². The Morgan fingerprint density at radius 3 is 2.42 bits per heavy atom. The summed E-state index contributed by atoms with van der Waals surface area (Å²) in [5.41, 5.74) is 15.4. The Morgan fingerprint density at radius 2 is 1.65 bits per heavy atom. The van der Waals surface area contributed by atoms with Gasteiger partial charge in [-0.15, -0.1) is 10.2 Å². The van der Waals surface area contributed by atoms with Gasteiger partial charge in [-0.1, -0.05) is 37.1 Å². The molecule has 0 fully saturated rings. The van der Waals surface area contributed by atoms with Crippen LogP contribution in [0.5, 0.6) is 5.75 Å². The molecule has 0 radical (unpaired) electrons. The number of benzene rings is 3. The molecule has 206 valence electrons. The molecule has 9 nitrogen and oxygen atoms in total. The Labute approximate surface area is 232 Å². The lowest BCUT2D eigenvalue weighted by molar-refractivity contribution is -0.118. The highest BCUT2D eigenvalue weighted by Gasteiger charge is 2.15. The van der Waals surface area contributed by atoms with Crippen molar-refractivity contribution in [3.63, 3.8) is 0 Å². The minimum Gasteiger partial charge on any atom is -0.489 e. The molecule has 5 aromatic rings. The minimum absolute atomic E-state index is 0.172. The van der Waals surface area contributed by atoms with Crippen molar-refractivity contribution in [3.8, 4) is 17.1 Å². The molecule has 2 heterocycles. The number of nitrogens with one attached hydrogen (secondary N) is 2. The fraction of sp³-hybridized carbons (Fsp3) is 0.290. The zero-order chi connectivity index (χ0) is 28.1. The lowest BCUT2D eigenvalue weighted by atomic mass is 10.0. The summed E-state index contributed by atoms with van der Waals surface area (Å²) in [6.45, 7) is 2.27. The Bertz CT molecular complexity index is 1670. The van der Waals surface area contributed by atoms with Gasteiger partial charge in [0.2, 0.25) is 11.8 Å². The first-order valence-electron chi connectivity index (χ1n) is 13.6. The summed E-state index contributed by atoms with van der Waals surface area (Å²) >= 11 is 0. The van der Waals surface area contributed by atoms with Gasteiger partial charge in [0.1, 0.15) is 18.2 Å². The molecule has 0 aliphatic carbocycles. The van der Waals surface area contributed by atoms with Gasteiger partial charge in [0.15, 0.2) is 5.82 Å². The van der Waals surface area contributed by atoms with Gasteiger partial charge in [-0.2, -0.15) is 0 Å². The van der Waals surface area contributed by atoms with Crippen molar-refractivity contribution in [2.75, 3.05) is 0 Å². The van der Waals surface area contributed by atoms with E-state index < -0.39 is 0 Å². The lowest BCUT2D eigenvalue weighted by Crippen LogP contribution is -2.14. The monoisotopic (exact) mass is 538 g/mol. The molecule has 6 N–H and O–H groups in total. The van der Waals surface area contributed by atoms with Crippen LogP contribution in [0, 0.1) is 6.92 Å². The van der Waals surface area contributed by atoms with E-state index in [1.807, 2.05) is 37.3 Å². The number of primary amides is 2. The first kappa shape index (κ1) is 26.9. The predicted octanol–water partition coefficient (Wildman–Crippen LogP) is 5.00. The third kappa shape index (κ3) is 6.31. The highest BCUT2D eigenvalue weighted by molar-refractivity contribution is 5.91.